The first-order chi connectivity index (χ1) is 17.7. The highest BCUT2D eigenvalue weighted by atomic mass is 32.2. The molecule has 2 heterocycles. The van der Waals surface area contributed by atoms with E-state index in [0.717, 1.165) is 46.0 Å². The minimum absolute atomic E-state index is 0.584. The number of aromatic nitrogens is 6. The largest absolute Gasteiger partial charge is 0.378 e. The average Bonchev–Trinajstić information content (AvgIpc) is 3.47. The number of hydrogen-bond donors (Lipinski definition) is 2. The van der Waals surface area contributed by atoms with Gasteiger partial charge in [0.1, 0.15) is 11.6 Å². The molecule has 2 N–H and O–H groups in total. The molecule has 12 heteroatoms. The third kappa shape index (κ3) is 7.64. The second kappa shape index (κ2) is 14.5. The van der Waals surface area contributed by atoms with E-state index in [2.05, 4.69) is 20.4 Å². The first kappa shape index (κ1) is 26.8. The quantitative estimate of drug-likeness (QED) is 0.148. The molecule has 0 amide bonds. The zero-order valence-electron chi connectivity index (χ0n) is 19.7. The van der Waals surface area contributed by atoms with Crippen LogP contribution in [0.15, 0.2) is 60.7 Å². The van der Waals surface area contributed by atoms with Gasteiger partial charge in [-0.15, -0.1) is 0 Å². The Morgan fingerprint density at radius 1 is 0.639 bits per heavy atom. The highest BCUT2D eigenvalue weighted by molar-refractivity contribution is 7.98. The summed E-state index contributed by atoms with van der Waals surface area (Å²) in [5.41, 5.74) is 2.03. The molecule has 0 aliphatic rings. The van der Waals surface area contributed by atoms with Gasteiger partial charge in [-0.05, 0) is 48.7 Å². The molecule has 0 unspecified atom stereocenters. The molecular formula is C24H28N6O2S4. The smallest absolute Gasteiger partial charge is 0.199 e. The minimum atomic E-state index is 0.584. The summed E-state index contributed by atoms with van der Waals surface area (Å²) in [5.74, 6) is 5.08. The van der Waals surface area contributed by atoms with Crippen LogP contribution in [0.25, 0.3) is 11.4 Å². The summed E-state index contributed by atoms with van der Waals surface area (Å²) >= 11 is 14.3. The van der Waals surface area contributed by atoms with Crippen molar-refractivity contribution in [2.24, 2.45) is 0 Å². The molecule has 0 saturated carbocycles. The van der Waals surface area contributed by atoms with E-state index in [1.54, 1.807) is 23.5 Å². The number of nitrogens with one attached hydrogen (secondary N) is 2. The summed E-state index contributed by atoms with van der Waals surface area (Å²) in [5, 5.41) is 14.5. The van der Waals surface area contributed by atoms with Crippen molar-refractivity contribution in [1.29, 1.82) is 0 Å². The highest BCUT2D eigenvalue weighted by Crippen LogP contribution is 2.17. The van der Waals surface area contributed by atoms with Gasteiger partial charge in [0.2, 0.25) is 0 Å². The van der Waals surface area contributed by atoms with Gasteiger partial charge >= 0.3 is 0 Å². The molecule has 0 radical (unpaired) electrons. The monoisotopic (exact) mass is 560 g/mol. The van der Waals surface area contributed by atoms with Crippen LogP contribution in [0.1, 0.15) is 11.6 Å². The Labute approximate surface area is 228 Å². The molecule has 4 rings (SSSR count). The van der Waals surface area contributed by atoms with Crippen LogP contribution in [0.5, 0.6) is 0 Å². The second-order valence-electron chi connectivity index (χ2n) is 7.56. The first-order valence-corrected chi connectivity index (χ1v) is 14.6. The standard InChI is InChI=1S/C24H28N6O2S4/c33-23-27-25-21(29(23)19-7-3-1-4-8-19)17-35-15-13-31-11-12-32-14-16-36-18-22-26-28-24(34)30(22)20-9-5-2-6-10-20/h1-10H,11-18H2,(H,27,33)(H,28,34). The van der Waals surface area contributed by atoms with Crippen LogP contribution in [0.3, 0.4) is 0 Å². The van der Waals surface area contributed by atoms with E-state index in [9.17, 15) is 0 Å². The van der Waals surface area contributed by atoms with Gasteiger partial charge < -0.3 is 9.47 Å². The zero-order valence-corrected chi connectivity index (χ0v) is 22.9. The van der Waals surface area contributed by atoms with Crippen LogP contribution in [-0.2, 0) is 21.0 Å². The van der Waals surface area contributed by atoms with Crippen molar-refractivity contribution < 1.29 is 9.47 Å². The van der Waals surface area contributed by atoms with Crippen molar-refractivity contribution in [2.75, 3.05) is 37.9 Å². The van der Waals surface area contributed by atoms with Gasteiger partial charge in [-0.3, -0.25) is 19.3 Å². The Morgan fingerprint density at radius 2 is 1.06 bits per heavy atom. The molecule has 2 aromatic carbocycles. The van der Waals surface area contributed by atoms with E-state index in [1.165, 1.54) is 0 Å². The van der Waals surface area contributed by atoms with E-state index in [4.69, 9.17) is 33.9 Å². The number of hydrogen-bond acceptors (Lipinski definition) is 8. The molecule has 0 saturated heterocycles. The molecule has 190 valence electrons. The van der Waals surface area contributed by atoms with Gasteiger partial charge in [-0.2, -0.15) is 33.7 Å². The molecule has 0 aliphatic heterocycles. The Balaban J connectivity index is 1.04. The summed E-state index contributed by atoms with van der Waals surface area (Å²) < 4.78 is 16.5. The Hall–Kier alpha value is -2.22. The number of nitrogens with zero attached hydrogens (tertiary/aromatic N) is 4. The Bertz CT molecular complexity index is 1200. The minimum Gasteiger partial charge on any atom is -0.378 e. The molecule has 36 heavy (non-hydrogen) atoms. The van der Waals surface area contributed by atoms with Crippen molar-refractivity contribution in [1.82, 2.24) is 29.5 Å². The molecule has 4 aromatic rings. The molecule has 8 nitrogen and oxygen atoms in total. The lowest BCUT2D eigenvalue weighted by molar-refractivity contribution is 0.0605. The van der Waals surface area contributed by atoms with Crippen molar-refractivity contribution in [3.05, 3.63) is 81.9 Å². The summed E-state index contributed by atoms with van der Waals surface area (Å²) in [6.07, 6.45) is 0. The summed E-state index contributed by atoms with van der Waals surface area (Å²) in [7, 11) is 0. The van der Waals surface area contributed by atoms with Gasteiger partial charge in [-0.1, -0.05) is 36.4 Å². The van der Waals surface area contributed by atoms with Gasteiger partial charge in [0.25, 0.3) is 0 Å². The van der Waals surface area contributed by atoms with Crippen LogP contribution in [0.2, 0.25) is 0 Å². The number of benzene rings is 2. The number of thioether (sulfide) groups is 2. The fourth-order valence-electron chi connectivity index (χ4n) is 3.42. The maximum Gasteiger partial charge on any atom is 0.199 e. The molecule has 2 aromatic heterocycles. The van der Waals surface area contributed by atoms with Crippen LogP contribution < -0.4 is 0 Å². The summed E-state index contributed by atoms with van der Waals surface area (Å²) in [6, 6.07) is 20.0. The zero-order chi connectivity index (χ0) is 25.0. The molecule has 0 atom stereocenters. The van der Waals surface area contributed by atoms with Crippen LogP contribution in [-0.4, -0.2) is 67.5 Å². The van der Waals surface area contributed by atoms with E-state index in [0.29, 0.717) is 36.0 Å². The van der Waals surface area contributed by atoms with Crippen molar-refractivity contribution >= 4 is 48.0 Å². The number of para-hydroxylation sites is 2. The lowest BCUT2D eigenvalue weighted by Crippen LogP contribution is -2.09. The second-order valence-corrected chi connectivity index (χ2v) is 10.5. The summed E-state index contributed by atoms with van der Waals surface area (Å²) in [4.78, 5) is 0. The first-order valence-electron chi connectivity index (χ1n) is 11.5. The molecule has 0 spiro atoms. The summed E-state index contributed by atoms with van der Waals surface area (Å²) in [6.45, 7) is 2.50. The van der Waals surface area contributed by atoms with Gasteiger partial charge in [0, 0.05) is 22.9 Å². The molecular weight excluding hydrogens is 533 g/mol. The third-order valence-corrected chi connectivity index (χ3v) is 7.47. The SMILES string of the molecule is S=c1[nH]nc(CSCCOCCOCCSCc2n[nH]c(=S)n2-c2ccccc2)n1-c1ccccc1. The average molecular weight is 561 g/mol. The molecule has 0 aliphatic carbocycles. The van der Waals surface area contributed by atoms with E-state index >= 15 is 0 Å². The predicted molar refractivity (Wildman–Crippen MR) is 151 cm³/mol. The molecule has 0 fully saturated rings. The lowest BCUT2D eigenvalue weighted by atomic mass is 10.3. The van der Waals surface area contributed by atoms with Crippen LogP contribution >= 0.6 is 48.0 Å². The van der Waals surface area contributed by atoms with Gasteiger partial charge in [0.05, 0.1) is 37.9 Å². The maximum atomic E-state index is 5.70. The van der Waals surface area contributed by atoms with Crippen molar-refractivity contribution in [3.63, 3.8) is 0 Å². The fourth-order valence-corrected chi connectivity index (χ4v) is 5.45. The number of H-pyrrole nitrogens is 2. The fraction of sp³-hybridized carbons (Fsp3) is 0.333. The Morgan fingerprint density at radius 3 is 1.47 bits per heavy atom. The lowest BCUT2D eigenvalue weighted by Gasteiger charge is -2.08. The van der Waals surface area contributed by atoms with E-state index in [-0.39, 0.29) is 0 Å². The highest BCUT2D eigenvalue weighted by Gasteiger charge is 2.09. The van der Waals surface area contributed by atoms with Crippen molar-refractivity contribution in [2.45, 2.75) is 11.5 Å². The van der Waals surface area contributed by atoms with Gasteiger partial charge in [0.15, 0.2) is 9.54 Å². The third-order valence-electron chi connectivity index (χ3n) is 5.09. The number of ether oxygens (including phenoxy) is 2. The van der Waals surface area contributed by atoms with Crippen LogP contribution in [0.4, 0.5) is 0 Å². The number of aromatic amines is 2. The van der Waals surface area contributed by atoms with E-state index in [1.807, 2.05) is 69.8 Å². The number of rotatable bonds is 15. The normalized spacial score (nSPS) is 11.2. The molecule has 0 bridgehead atoms. The van der Waals surface area contributed by atoms with Crippen LogP contribution in [0, 0.1) is 9.54 Å². The maximum absolute atomic E-state index is 5.70. The predicted octanol–water partition coefficient (Wildman–Crippen LogP) is 5.37. The topological polar surface area (TPSA) is 85.7 Å². The van der Waals surface area contributed by atoms with Gasteiger partial charge in [-0.25, -0.2) is 0 Å². The Kier molecular flexibility index (Phi) is 10.8. The van der Waals surface area contributed by atoms with Crippen molar-refractivity contribution in [3.8, 4) is 11.4 Å². The van der Waals surface area contributed by atoms with E-state index < -0.39 is 0 Å².